The molecule has 2 atom stereocenters. The van der Waals surface area contributed by atoms with Crippen molar-refractivity contribution in [3.05, 3.63) is 28.8 Å². The molecule has 1 aromatic rings. The Hall–Kier alpha value is -1.97. The van der Waals surface area contributed by atoms with Crippen LogP contribution in [0.15, 0.2) is 17.0 Å². The SMILES string of the molecule is Cc1cc(C)c(S(=O)(=O)N2CCCC[C@@H]2CCNC(=O)C(=O)NC[C@@H]2CCCO2)c(C)c1. The summed E-state index contributed by atoms with van der Waals surface area (Å²) in [6, 6.07) is 3.59. The van der Waals surface area contributed by atoms with E-state index in [0.717, 1.165) is 48.8 Å². The number of piperidine rings is 1. The fourth-order valence-electron chi connectivity index (χ4n) is 4.79. The molecule has 178 valence electrons. The fraction of sp³-hybridized carbons (Fsp3) is 0.652. The van der Waals surface area contributed by atoms with Gasteiger partial charge in [-0.15, -0.1) is 0 Å². The first-order valence-electron chi connectivity index (χ1n) is 11.5. The van der Waals surface area contributed by atoms with Crippen molar-refractivity contribution in [2.45, 2.75) is 76.3 Å². The topological polar surface area (TPSA) is 105 Å². The standard InChI is InChI=1S/C23H35N3O5S/c1-16-13-17(2)21(18(3)14-16)32(29,30)26-11-5-4-7-19(26)9-10-24-22(27)23(28)25-15-20-8-6-12-31-20/h13-14,19-20H,4-12,15H2,1-3H3,(H,24,27)(H,25,28)/t19-,20+/m1/s1. The third-order valence-electron chi connectivity index (χ3n) is 6.23. The molecule has 3 rings (SSSR count). The Balaban J connectivity index is 1.58. The van der Waals surface area contributed by atoms with E-state index in [2.05, 4.69) is 10.6 Å². The zero-order chi connectivity index (χ0) is 23.3. The minimum Gasteiger partial charge on any atom is -0.376 e. The monoisotopic (exact) mass is 465 g/mol. The molecule has 1 aromatic carbocycles. The number of nitrogens with zero attached hydrogens (tertiary/aromatic N) is 1. The smallest absolute Gasteiger partial charge is 0.309 e. The average molecular weight is 466 g/mol. The van der Waals surface area contributed by atoms with Gasteiger partial charge >= 0.3 is 11.8 Å². The molecule has 0 aromatic heterocycles. The number of hydrogen-bond acceptors (Lipinski definition) is 5. The van der Waals surface area contributed by atoms with Gasteiger partial charge < -0.3 is 15.4 Å². The highest BCUT2D eigenvalue weighted by molar-refractivity contribution is 7.89. The van der Waals surface area contributed by atoms with Crippen LogP contribution in [-0.2, 0) is 24.3 Å². The first-order valence-corrected chi connectivity index (χ1v) is 12.9. The van der Waals surface area contributed by atoms with Gasteiger partial charge in [0.05, 0.1) is 11.0 Å². The Morgan fingerprint density at radius 2 is 1.72 bits per heavy atom. The summed E-state index contributed by atoms with van der Waals surface area (Å²) < 4.78 is 34.1. The third-order valence-corrected chi connectivity index (χ3v) is 8.49. The number of ether oxygens (including phenoxy) is 1. The van der Waals surface area contributed by atoms with Crippen molar-refractivity contribution < 1.29 is 22.7 Å². The molecule has 2 amide bonds. The lowest BCUT2D eigenvalue weighted by Crippen LogP contribution is -2.47. The Kier molecular flexibility index (Phi) is 8.30. The third kappa shape index (κ3) is 5.88. The summed E-state index contributed by atoms with van der Waals surface area (Å²) in [6.45, 7) is 7.36. The molecule has 0 radical (unpaired) electrons. The van der Waals surface area contributed by atoms with E-state index in [9.17, 15) is 18.0 Å². The van der Waals surface area contributed by atoms with Crippen molar-refractivity contribution in [1.29, 1.82) is 0 Å². The van der Waals surface area contributed by atoms with Gasteiger partial charge in [0.1, 0.15) is 0 Å². The van der Waals surface area contributed by atoms with E-state index in [-0.39, 0.29) is 18.7 Å². The Morgan fingerprint density at radius 1 is 1.03 bits per heavy atom. The largest absolute Gasteiger partial charge is 0.376 e. The Morgan fingerprint density at radius 3 is 2.38 bits per heavy atom. The second kappa shape index (κ2) is 10.8. The van der Waals surface area contributed by atoms with Gasteiger partial charge in [0, 0.05) is 32.3 Å². The summed E-state index contributed by atoms with van der Waals surface area (Å²) in [5.74, 6) is -1.38. The van der Waals surface area contributed by atoms with Crippen LogP contribution in [0.3, 0.4) is 0 Å². The van der Waals surface area contributed by atoms with Crippen LogP contribution in [0, 0.1) is 20.8 Å². The molecule has 0 aliphatic carbocycles. The molecule has 9 heteroatoms. The van der Waals surface area contributed by atoms with Gasteiger partial charge in [0.2, 0.25) is 10.0 Å². The van der Waals surface area contributed by atoms with Crippen molar-refractivity contribution in [1.82, 2.24) is 14.9 Å². The lowest BCUT2D eigenvalue weighted by atomic mass is 10.0. The van der Waals surface area contributed by atoms with Crippen molar-refractivity contribution >= 4 is 21.8 Å². The molecule has 2 saturated heterocycles. The number of rotatable bonds is 7. The second-order valence-corrected chi connectivity index (χ2v) is 10.7. The molecule has 2 aliphatic heterocycles. The van der Waals surface area contributed by atoms with Crippen LogP contribution >= 0.6 is 0 Å². The van der Waals surface area contributed by atoms with Crippen LogP contribution in [0.1, 0.15) is 55.2 Å². The van der Waals surface area contributed by atoms with E-state index < -0.39 is 21.8 Å². The van der Waals surface area contributed by atoms with E-state index >= 15 is 0 Å². The Labute approximate surface area is 191 Å². The summed E-state index contributed by atoms with van der Waals surface area (Å²) in [5.41, 5.74) is 2.54. The molecular weight excluding hydrogens is 430 g/mol. The second-order valence-electron chi connectivity index (χ2n) is 8.88. The zero-order valence-electron chi connectivity index (χ0n) is 19.3. The van der Waals surface area contributed by atoms with Gasteiger partial charge in [-0.3, -0.25) is 9.59 Å². The molecule has 2 aliphatic rings. The lowest BCUT2D eigenvalue weighted by Gasteiger charge is -2.35. The highest BCUT2D eigenvalue weighted by atomic mass is 32.2. The zero-order valence-corrected chi connectivity index (χ0v) is 20.1. The van der Waals surface area contributed by atoms with Crippen molar-refractivity contribution in [3.63, 3.8) is 0 Å². The first-order chi connectivity index (χ1) is 15.2. The number of carbonyl (C=O) groups excluding carboxylic acids is 2. The predicted molar refractivity (Wildman–Crippen MR) is 122 cm³/mol. The minimum atomic E-state index is -3.65. The molecule has 32 heavy (non-hydrogen) atoms. The molecular formula is C23H35N3O5S. The van der Waals surface area contributed by atoms with E-state index in [1.165, 1.54) is 0 Å². The summed E-state index contributed by atoms with van der Waals surface area (Å²) in [5, 5.41) is 5.24. The van der Waals surface area contributed by atoms with E-state index in [1.807, 2.05) is 32.9 Å². The van der Waals surface area contributed by atoms with Gasteiger partial charge in [-0.25, -0.2) is 8.42 Å². The molecule has 2 fully saturated rings. The minimum absolute atomic E-state index is 0.0264. The maximum atomic E-state index is 13.5. The molecule has 0 saturated carbocycles. The van der Waals surface area contributed by atoms with Gasteiger partial charge in [0.15, 0.2) is 0 Å². The molecule has 0 bridgehead atoms. The first kappa shape index (κ1) is 24.7. The average Bonchev–Trinajstić information content (AvgIpc) is 3.25. The summed E-state index contributed by atoms with van der Waals surface area (Å²) in [6.07, 6.45) is 4.79. The van der Waals surface area contributed by atoms with E-state index in [1.54, 1.807) is 4.31 Å². The van der Waals surface area contributed by atoms with Gasteiger partial charge in [-0.2, -0.15) is 4.31 Å². The lowest BCUT2D eigenvalue weighted by molar-refractivity contribution is -0.139. The highest BCUT2D eigenvalue weighted by Gasteiger charge is 2.35. The Bertz CT molecular complexity index is 918. The van der Waals surface area contributed by atoms with Crippen LogP contribution in [0.25, 0.3) is 0 Å². The van der Waals surface area contributed by atoms with Crippen LogP contribution in [0.2, 0.25) is 0 Å². The molecule has 2 N–H and O–H groups in total. The van der Waals surface area contributed by atoms with Gasteiger partial charge in [0.25, 0.3) is 0 Å². The predicted octanol–water partition coefficient (Wildman–Crippen LogP) is 1.96. The number of sulfonamides is 1. The van der Waals surface area contributed by atoms with E-state index in [4.69, 9.17) is 4.74 Å². The number of hydrogen-bond donors (Lipinski definition) is 2. The quantitative estimate of drug-likeness (QED) is 0.599. The normalized spacial score (nSPS) is 22.0. The van der Waals surface area contributed by atoms with Crippen LogP contribution in [0.4, 0.5) is 0 Å². The van der Waals surface area contributed by atoms with E-state index in [0.29, 0.717) is 31.0 Å². The number of nitrogens with one attached hydrogen (secondary N) is 2. The summed E-state index contributed by atoms with van der Waals surface area (Å²) in [4.78, 5) is 24.5. The fourth-order valence-corrected chi connectivity index (χ4v) is 6.93. The van der Waals surface area contributed by atoms with Crippen LogP contribution in [0.5, 0.6) is 0 Å². The van der Waals surface area contributed by atoms with Crippen molar-refractivity contribution in [3.8, 4) is 0 Å². The molecule has 8 nitrogen and oxygen atoms in total. The molecule has 0 spiro atoms. The number of amides is 2. The van der Waals surface area contributed by atoms with Gasteiger partial charge in [-0.05, 0) is 64.0 Å². The van der Waals surface area contributed by atoms with Crippen molar-refractivity contribution in [2.75, 3.05) is 26.2 Å². The maximum Gasteiger partial charge on any atom is 0.309 e. The van der Waals surface area contributed by atoms with Gasteiger partial charge in [-0.1, -0.05) is 24.1 Å². The number of benzene rings is 1. The number of carbonyl (C=O) groups is 2. The van der Waals surface area contributed by atoms with Crippen molar-refractivity contribution in [2.24, 2.45) is 0 Å². The number of aryl methyl sites for hydroxylation is 3. The summed E-state index contributed by atoms with van der Waals surface area (Å²) in [7, 11) is -3.65. The molecule has 0 unspecified atom stereocenters. The van der Waals surface area contributed by atoms with Crippen LogP contribution in [-0.4, -0.2) is 62.9 Å². The molecule has 2 heterocycles. The van der Waals surface area contributed by atoms with Crippen LogP contribution < -0.4 is 10.6 Å². The summed E-state index contributed by atoms with van der Waals surface area (Å²) >= 11 is 0. The maximum absolute atomic E-state index is 13.5. The highest BCUT2D eigenvalue weighted by Crippen LogP contribution is 2.31.